The number of aromatic nitrogens is 1. The van der Waals surface area contributed by atoms with Gasteiger partial charge in [0.15, 0.2) is 0 Å². The molecule has 13 nitrogen and oxygen atoms in total. The molecule has 7 rings (SSSR count). The number of nitrogens with one attached hydrogen (secondary N) is 3. The standard InChI is InChI=1S/C36H40FN5O8S/c1-35(15-16-35)51(48,49)41-33(45)36-19-21(36)9-5-3-2-4-6-12-27(39-34(46)47)32(44)42-20-23(18-29(42)30(43)40-36)50-31-26-11-8-7-10-24(26)25-14-13-22(37)17-28(25)38-31/h5,7-11,13-14,17,21,23,27,29,39H,2-4,6,12,15-16,18-20H2,1H3,(H,40,43)(H,41,45)(H,46,47)/t21-,23-,27+,29+,36-/m1/s1. The largest absolute Gasteiger partial charge is 0.472 e. The molecule has 2 aromatic carbocycles. The third kappa shape index (κ3) is 6.70. The lowest BCUT2D eigenvalue weighted by Gasteiger charge is -2.29. The molecule has 2 aliphatic carbocycles. The van der Waals surface area contributed by atoms with Gasteiger partial charge in [-0.1, -0.05) is 43.2 Å². The molecule has 2 saturated carbocycles. The number of ether oxygens (including phenoxy) is 1. The third-order valence-electron chi connectivity index (χ3n) is 10.7. The fourth-order valence-corrected chi connectivity index (χ4v) is 8.55. The van der Waals surface area contributed by atoms with Crippen molar-refractivity contribution in [2.75, 3.05) is 6.54 Å². The van der Waals surface area contributed by atoms with E-state index in [1.807, 2.05) is 24.3 Å². The highest BCUT2D eigenvalue weighted by molar-refractivity contribution is 7.91. The van der Waals surface area contributed by atoms with Crippen molar-refractivity contribution in [3.8, 4) is 5.88 Å². The topological polar surface area (TPSA) is 184 Å². The first-order valence-corrected chi connectivity index (χ1v) is 18.8. The smallest absolute Gasteiger partial charge is 0.405 e. The number of amides is 4. The van der Waals surface area contributed by atoms with Crippen molar-refractivity contribution >= 4 is 55.5 Å². The van der Waals surface area contributed by atoms with Crippen LogP contribution in [0.5, 0.6) is 5.88 Å². The Bertz CT molecular complexity index is 2070. The number of rotatable bonds is 6. The minimum atomic E-state index is -4.01. The molecule has 0 spiro atoms. The summed E-state index contributed by atoms with van der Waals surface area (Å²) in [6, 6.07) is 9.24. The fourth-order valence-electron chi connectivity index (χ4n) is 7.24. The van der Waals surface area contributed by atoms with Crippen molar-refractivity contribution in [2.24, 2.45) is 5.92 Å². The third-order valence-corrected chi connectivity index (χ3v) is 12.8. The van der Waals surface area contributed by atoms with Crippen LogP contribution in [-0.4, -0.2) is 82.2 Å². The van der Waals surface area contributed by atoms with E-state index in [9.17, 15) is 37.1 Å². The maximum absolute atomic E-state index is 14.3. The molecule has 4 N–H and O–H groups in total. The lowest BCUT2D eigenvalue weighted by atomic mass is 10.1. The van der Waals surface area contributed by atoms with Gasteiger partial charge in [-0.2, -0.15) is 0 Å². The Hall–Kier alpha value is -4.79. The van der Waals surface area contributed by atoms with E-state index < -0.39 is 74.0 Å². The van der Waals surface area contributed by atoms with Gasteiger partial charge in [0.05, 0.1) is 16.8 Å². The van der Waals surface area contributed by atoms with Crippen molar-refractivity contribution in [2.45, 2.75) is 93.2 Å². The summed E-state index contributed by atoms with van der Waals surface area (Å²) >= 11 is 0. The van der Waals surface area contributed by atoms with E-state index in [-0.39, 0.29) is 31.7 Å². The summed E-state index contributed by atoms with van der Waals surface area (Å²) in [5.74, 6) is -2.93. The average Bonchev–Trinajstić information content (AvgIpc) is 3.96. The van der Waals surface area contributed by atoms with Gasteiger partial charge in [0.1, 0.15) is 29.5 Å². The van der Waals surface area contributed by atoms with Gasteiger partial charge in [-0.3, -0.25) is 19.1 Å². The molecule has 270 valence electrons. The van der Waals surface area contributed by atoms with E-state index >= 15 is 0 Å². The van der Waals surface area contributed by atoms with Gasteiger partial charge in [-0.25, -0.2) is 22.6 Å². The van der Waals surface area contributed by atoms with Crippen LogP contribution in [0, 0.1) is 11.7 Å². The number of sulfonamides is 1. The van der Waals surface area contributed by atoms with Crippen LogP contribution in [0.25, 0.3) is 21.7 Å². The first-order chi connectivity index (χ1) is 24.3. The molecule has 4 aliphatic rings. The maximum Gasteiger partial charge on any atom is 0.405 e. The fraction of sp³-hybridized carbons (Fsp3) is 0.472. The molecule has 0 radical (unpaired) electrons. The Morgan fingerprint density at radius 3 is 2.59 bits per heavy atom. The molecular formula is C36H40FN5O8S. The second-order valence-corrected chi connectivity index (χ2v) is 16.5. The number of carbonyl (C=O) groups is 4. The highest BCUT2D eigenvalue weighted by atomic mass is 32.2. The Labute approximate surface area is 294 Å². The summed E-state index contributed by atoms with van der Waals surface area (Å²) < 4.78 is 47.9. The van der Waals surface area contributed by atoms with Gasteiger partial charge in [-0.05, 0) is 69.0 Å². The van der Waals surface area contributed by atoms with E-state index in [1.165, 1.54) is 17.0 Å². The summed E-state index contributed by atoms with van der Waals surface area (Å²) in [4.78, 5) is 59.7. The summed E-state index contributed by atoms with van der Waals surface area (Å²) in [6.07, 6.45) is 5.36. The van der Waals surface area contributed by atoms with Crippen LogP contribution in [0.3, 0.4) is 0 Å². The van der Waals surface area contributed by atoms with Crippen molar-refractivity contribution in [1.82, 2.24) is 25.2 Å². The number of carbonyl (C=O) groups excluding carboxylic acids is 3. The zero-order valence-electron chi connectivity index (χ0n) is 28.1. The van der Waals surface area contributed by atoms with E-state index in [4.69, 9.17) is 4.74 Å². The molecule has 3 aromatic rings. The number of carboxylic acid groups (broad SMARTS) is 1. The van der Waals surface area contributed by atoms with Crippen molar-refractivity contribution < 1.29 is 41.8 Å². The quantitative estimate of drug-likeness (QED) is 0.217. The summed E-state index contributed by atoms with van der Waals surface area (Å²) in [5, 5.41) is 16.8. The van der Waals surface area contributed by atoms with Crippen LogP contribution in [-0.2, 0) is 24.4 Å². The predicted octanol–water partition coefficient (Wildman–Crippen LogP) is 3.91. The molecule has 0 unspecified atom stereocenters. The lowest BCUT2D eigenvalue weighted by Crippen LogP contribution is -2.58. The number of nitrogens with zero attached hydrogens (tertiary/aromatic N) is 2. The van der Waals surface area contributed by atoms with Crippen molar-refractivity contribution in [3.05, 3.63) is 60.4 Å². The SMILES string of the molecule is CC1(S(=O)(=O)NC(=O)[C@@]23C[C@H]2C=CCCCCC[C@H](NC(=O)O)C(=O)N2C[C@H](Oc4nc5cc(F)ccc5c5ccccc45)C[C@H]2C(=O)N3)CC1. The van der Waals surface area contributed by atoms with Gasteiger partial charge in [0.2, 0.25) is 27.7 Å². The second kappa shape index (κ2) is 13.1. The molecular weight excluding hydrogens is 681 g/mol. The normalized spacial score (nSPS) is 27.8. The molecule has 2 aliphatic heterocycles. The molecule has 1 saturated heterocycles. The summed E-state index contributed by atoms with van der Waals surface area (Å²) in [7, 11) is -4.01. The molecule has 3 fully saturated rings. The zero-order chi connectivity index (χ0) is 36.1. The van der Waals surface area contributed by atoms with E-state index in [2.05, 4.69) is 20.3 Å². The molecule has 0 bridgehead atoms. The van der Waals surface area contributed by atoms with Crippen molar-refractivity contribution in [1.29, 1.82) is 0 Å². The Kier molecular flexibility index (Phi) is 8.88. The van der Waals surface area contributed by atoms with Crippen LogP contribution in [0.4, 0.5) is 9.18 Å². The molecule has 51 heavy (non-hydrogen) atoms. The van der Waals surface area contributed by atoms with Crippen molar-refractivity contribution in [3.63, 3.8) is 0 Å². The van der Waals surface area contributed by atoms with Gasteiger partial charge < -0.3 is 25.4 Å². The first kappa shape index (κ1) is 34.6. The number of fused-ring (bicyclic) bond motifs is 5. The lowest BCUT2D eigenvalue weighted by molar-refractivity contribution is -0.141. The predicted molar refractivity (Wildman–Crippen MR) is 185 cm³/mol. The first-order valence-electron chi connectivity index (χ1n) is 17.3. The monoisotopic (exact) mass is 721 g/mol. The molecule has 4 amide bonds. The van der Waals surface area contributed by atoms with Gasteiger partial charge in [0.25, 0.3) is 5.91 Å². The number of hydrogen-bond donors (Lipinski definition) is 4. The van der Waals surface area contributed by atoms with Gasteiger partial charge in [0, 0.05) is 29.2 Å². The number of benzene rings is 2. The Morgan fingerprint density at radius 1 is 1.08 bits per heavy atom. The van der Waals surface area contributed by atoms with E-state index in [0.29, 0.717) is 48.4 Å². The summed E-state index contributed by atoms with van der Waals surface area (Å²) in [5.41, 5.74) is -1.20. The van der Waals surface area contributed by atoms with E-state index in [0.717, 1.165) is 11.8 Å². The highest BCUT2D eigenvalue weighted by Crippen LogP contribution is 2.47. The Morgan fingerprint density at radius 2 is 1.84 bits per heavy atom. The average molecular weight is 722 g/mol. The number of allylic oxidation sites excluding steroid dienone is 1. The zero-order valence-corrected chi connectivity index (χ0v) is 28.9. The van der Waals surface area contributed by atoms with Crippen LogP contribution in [0.2, 0.25) is 0 Å². The minimum absolute atomic E-state index is 0.0386. The number of halogens is 1. The van der Waals surface area contributed by atoms with E-state index in [1.54, 1.807) is 25.1 Å². The molecule has 3 heterocycles. The number of hydrogen-bond acceptors (Lipinski definition) is 8. The van der Waals surface area contributed by atoms with Crippen LogP contribution in [0.1, 0.15) is 64.7 Å². The van der Waals surface area contributed by atoms with Crippen LogP contribution < -0.4 is 20.1 Å². The molecule has 15 heteroatoms. The highest BCUT2D eigenvalue weighted by Gasteiger charge is 2.63. The van der Waals surface area contributed by atoms with Gasteiger partial charge in [-0.15, -0.1) is 0 Å². The number of pyridine rings is 1. The van der Waals surface area contributed by atoms with Crippen LogP contribution >= 0.6 is 0 Å². The van der Waals surface area contributed by atoms with Gasteiger partial charge >= 0.3 is 6.09 Å². The molecule has 1 aromatic heterocycles. The second-order valence-electron chi connectivity index (χ2n) is 14.3. The minimum Gasteiger partial charge on any atom is -0.472 e. The van der Waals surface area contributed by atoms with Crippen LogP contribution in [0.15, 0.2) is 54.6 Å². The molecule has 5 atom stereocenters. The summed E-state index contributed by atoms with van der Waals surface area (Å²) in [6.45, 7) is 1.45. The maximum atomic E-state index is 14.3. The Balaban J connectivity index is 1.22.